The second kappa shape index (κ2) is 30.4. The molecule has 10 heteroatoms. The first-order valence-corrected chi connectivity index (χ1v) is 26.1. The van der Waals surface area contributed by atoms with Crippen molar-refractivity contribution in [1.82, 2.24) is 0 Å². The highest BCUT2D eigenvalue weighted by Gasteiger charge is 2.30. The third-order valence-electron chi connectivity index (χ3n) is 8.59. The summed E-state index contributed by atoms with van der Waals surface area (Å²) in [5.74, 6) is 0.454. The molecule has 0 fully saturated rings. The monoisotopic (exact) mass is 735 g/mol. The Kier molecular flexibility index (Phi) is 32.3. The van der Waals surface area contributed by atoms with Gasteiger partial charge in [-0.25, -0.2) is 0 Å². The molecule has 0 aromatic heterocycles. The van der Waals surface area contributed by atoms with Gasteiger partial charge in [0.25, 0.3) is 0 Å². The molecule has 0 N–H and O–H groups in total. The smallest absolute Gasteiger partial charge is 0.311 e. The lowest BCUT2D eigenvalue weighted by Crippen LogP contribution is -2.42. The van der Waals surface area contributed by atoms with E-state index in [2.05, 4.69) is 46.6 Å². The van der Waals surface area contributed by atoms with E-state index in [0.29, 0.717) is 25.7 Å². The lowest BCUT2D eigenvalue weighted by atomic mass is 9.91. The molecule has 0 bridgehead atoms. The van der Waals surface area contributed by atoms with Crippen molar-refractivity contribution >= 4 is 34.5 Å². The molecule has 0 saturated heterocycles. The van der Waals surface area contributed by atoms with Crippen LogP contribution in [-0.2, 0) is 37.4 Å². The lowest BCUT2D eigenvalue weighted by Gasteiger charge is -2.31. The van der Waals surface area contributed by atoms with Gasteiger partial charge in [0.2, 0.25) is 0 Å². The summed E-state index contributed by atoms with van der Waals surface area (Å²) in [6.45, 7) is 34.5. The van der Waals surface area contributed by atoms with Crippen LogP contribution in [0.15, 0.2) is 0 Å². The van der Waals surface area contributed by atoms with Gasteiger partial charge in [-0.1, -0.05) is 67.7 Å². The third kappa shape index (κ3) is 32.4. The van der Waals surface area contributed by atoms with Gasteiger partial charge >= 0.3 is 17.9 Å². The predicted octanol–water partition coefficient (Wildman–Crippen LogP) is 11.0. The number of esters is 3. The maximum atomic E-state index is 11.8. The minimum atomic E-state index is -1.59. The van der Waals surface area contributed by atoms with Crippen LogP contribution >= 0.6 is 0 Å². The van der Waals surface area contributed by atoms with Crippen molar-refractivity contribution in [3.05, 3.63) is 0 Å². The zero-order chi connectivity index (χ0) is 38.5. The fourth-order valence-electron chi connectivity index (χ4n) is 4.40. The number of unbranched alkanes of at least 4 members (excludes halogenated alkanes) is 3. The number of carbonyl (C=O) groups is 3. The van der Waals surface area contributed by atoms with Crippen LogP contribution in [-0.4, -0.2) is 67.6 Å². The number of rotatable bonds is 25. The first kappa shape index (κ1) is 52.1. The van der Waals surface area contributed by atoms with Crippen molar-refractivity contribution in [1.29, 1.82) is 0 Å². The van der Waals surface area contributed by atoms with Gasteiger partial charge in [-0.2, -0.15) is 0 Å². The average molecular weight is 735 g/mol. The van der Waals surface area contributed by atoms with Gasteiger partial charge < -0.3 is 23.1 Å². The number of carbonyl (C=O) groups excluding carboxylic acids is 3. The van der Waals surface area contributed by atoms with Gasteiger partial charge in [0.1, 0.15) is 0 Å². The fourth-order valence-corrected chi connectivity index (χ4v) is 12.4. The molecule has 8 nitrogen and oxygen atoms in total. The number of hydrogen-bond acceptors (Lipinski definition) is 8. The van der Waals surface area contributed by atoms with Gasteiger partial charge in [-0.3, -0.25) is 14.4 Å². The summed E-state index contributed by atoms with van der Waals surface area (Å²) in [4.78, 5) is 34.5. The Morgan fingerprint density at radius 2 is 1.18 bits per heavy atom. The second-order valence-electron chi connectivity index (χ2n) is 15.5. The van der Waals surface area contributed by atoms with E-state index in [4.69, 9.17) is 23.1 Å². The molecule has 3 unspecified atom stereocenters. The van der Waals surface area contributed by atoms with E-state index in [0.717, 1.165) is 70.6 Å². The third-order valence-corrected chi connectivity index (χ3v) is 14.8. The quantitative estimate of drug-likeness (QED) is 0.0396. The summed E-state index contributed by atoms with van der Waals surface area (Å²) in [5.41, 5.74) is -0.359. The highest BCUT2D eigenvalue weighted by atomic mass is 28.4. The molecule has 0 rings (SSSR count). The topological polar surface area (TPSA) is 97.4 Å². The Labute approximate surface area is 306 Å². The summed E-state index contributed by atoms with van der Waals surface area (Å²) < 4.78 is 27.3. The highest BCUT2D eigenvalue weighted by molar-refractivity contribution is 6.84. The zero-order valence-corrected chi connectivity index (χ0v) is 37.0. The molecular weight excluding hydrogens is 653 g/mol. The Balaban J connectivity index is -0.000000655. The Morgan fingerprint density at radius 1 is 0.653 bits per heavy atom. The van der Waals surface area contributed by atoms with Gasteiger partial charge in [0.15, 0.2) is 16.6 Å². The zero-order valence-electron chi connectivity index (χ0n) is 35.0. The van der Waals surface area contributed by atoms with E-state index in [-0.39, 0.29) is 35.2 Å². The molecule has 3 atom stereocenters. The van der Waals surface area contributed by atoms with Gasteiger partial charge in [0.05, 0.1) is 37.1 Å². The lowest BCUT2D eigenvalue weighted by molar-refractivity contribution is -0.154. The average Bonchev–Trinajstić information content (AvgIpc) is 3.04. The van der Waals surface area contributed by atoms with Crippen molar-refractivity contribution in [3.8, 4) is 0 Å². The van der Waals surface area contributed by atoms with E-state index in [1.807, 2.05) is 55.4 Å². The maximum Gasteiger partial charge on any atom is 0.311 e. The molecule has 0 saturated carbocycles. The van der Waals surface area contributed by atoms with Crippen LogP contribution in [0.2, 0.25) is 38.8 Å². The van der Waals surface area contributed by atoms with Gasteiger partial charge in [0, 0.05) is 13.2 Å². The van der Waals surface area contributed by atoms with E-state index < -0.39 is 16.6 Å². The number of hydrogen-bond donors (Lipinski definition) is 0. The van der Waals surface area contributed by atoms with Crippen molar-refractivity contribution in [2.75, 3.05) is 33.0 Å². The van der Waals surface area contributed by atoms with E-state index in [1.165, 1.54) is 19.3 Å². The van der Waals surface area contributed by atoms with Crippen LogP contribution in [0.4, 0.5) is 0 Å². The second-order valence-corrected chi connectivity index (χ2v) is 24.6. The summed E-state index contributed by atoms with van der Waals surface area (Å²) in [6.07, 6.45) is 11.2. The fraction of sp³-hybridized carbons (Fsp3) is 0.923. The highest BCUT2D eigenvalue weighted by Crippen LogP contribution is 2.23. The minimum Gasteiger partial charge on any atom is -0.465 e. The molecule has 294 valence electrons. The summed E-state index contributed by atoms with van der Waals surface area (Å²) in [7, 11) is -3.05. The van der Waals surface area contributed by atoms with Crippen molar-refractivity contribution in [2.45, 2.75) is 179 Å². The van der Waals surface area contributed by atoms with Crippen molar-refractivity contribution in [3.63, 3.8) is 0 Å². The Hall–Kier alpha value is -1.24. The van der Waals surface area contributed by atoms with Crippen LogP contribution in [0.1, 0.15) is 140 Å². The largest absolute Gasteiger partial charge is 0.465 e. The normalized spacial score (nSPS) is 13.5. The molecule has 49 heavy (non-hydrogen) atoms. The molecule has 0 heterocycles. The molecule has 0 aliphatic rings. The van der Waals surface area contributed by atoms with Crippen LogP contribution in [0.5, 0.6) is 0 Å². The van der Waals surface area contributed by atoms with Crippen LogP contribution in [0, 0.1) is 23.2 Å². The Morgan fingerprint density at radius 3 is 1.65 bits per heavy atom. The molecule has 0 radical (unpaired) electrons. The summed E-state index contributed by atoms with van der Waals surface area (Å²) >= 11 is 0. The van der Waals surface area contributed by atoms with Gasteiger partial charge in [-0.05, 0) is 117 Å². The van der Waals surface area contributed by atoms with Crippen LogP contribution < -0.4 is 0 Å². The molecule has 0 aliphatic heterocycles. The first-order chi connectivity index (χ1) is 22.8. The molecule has 0 spiro atoms. The molecule has 0 aromatic carbocycles. The Bertz CT molecular complexity index is 826. The van der Waals surface area contributed by atoms with E-state index >= 15 is 0 Å². The van der Waals surface area contributed by atoms with Gasteiger partial charge in [-0.15, -0.1) is 0 Å². The standard InChI is InChI=1S/C14H32O3Si2.C13H26O2.C12H24O3/c1-9-14(2,3)13(15)16-11-10-12-19(7,8)17-18(4,5)6;1-5-8-9-12(7-3)10-15-13(14)11(4)6-2;1-4-11(3)12(13)15-10-8-6-7-9-14-5-2/h9-12H2,1-8H3;11-12H,5-10H2,1-4H3;11H,4-10H2,1-3H3. The summed E-state index contributed by atoms with van der Waals surface area (Å²) in [5, 5.41) is 0. The SMILES string of the molecule is CCC(C)(C)C(=O)OCCC[Si](C)(C)O[Si](C)(C)C.CCCCC(CC)COC(=O)C(C)CC.CCOCCCCCOC(=O)C(C)CC. The molecular formula is C39H82O8Si2. The predicted molar refractivity (Wildman–Crippen MR) is 211 cm³/mol. The number of ether oxygens (including phenoxy) is 4. The maximum absolute atomic E-state index is 11.8. The van der Waals surface area contributed by atoms with E-state index in [1.54, 1.807) is 0 Å². The molecule has 0 amide bonds. The molecule has 0 aromatic rings. The summed E-state index contributed by atoms with van der Waals surface area (Å²) in [6, 6.07) is 1.05. The molecule has 0 aliphatic carbocycles. The van der Waals surface area contributed by atoms with Crippen LogP contribution in [0.25, 0.3) is 0 Å². The van der Waals surface area contributed by atoms with Crippen molar-refractivity contribution in [2.24, 2.45) is 23.2 Å². The minimum absolute atomic E-state index is 0.0348. The van der Waals surface area contributed by atoms with Crippen LogP contribution in [0.3, 0.4) is 0 Å². The van der Waals surface area contributed by atoms with Crippen molar-refractivity contribution < 1.29 is 37.4 Å². The van der Waals surface area contributed by atoms with E-state index in [9.17, 15) is 14.4 Å². The first-order valence-electron chi connectivity index (χ1n) is 19.5.